The minimum atomic E-state index is -2.37. The number of benzene rings is 1. The molecule has 0 aliphatic carbocycles. The number of alkyl halides is 2. The summed E-state index contributed by atoms with van der Waals surface area (Å²) in [5.41, 5.74) is 0.473. The van der Waals surface area contributed by atoms with E-state index in [1.165, 1.54) is 0 Å². The number of thioether (sulfide) groups is 1. The summed E-state index contributed by atoms with van der Waals surface area (Å²) < 4.78 is 25.7. The van der Waals surface area contributed by atoms with Crippen molar-refractivity contribution in [1.29, 1.82) is 0 Å². The van der Waals surface area contributed by atoms with Crippen LogP contribution in [0.5, 0.6) is 0 Å². The highest BCUT2D eigenvalue weighted by atomic mass is 79.9. The summed E-state index contributed by atoms with van der Waals surface area (Å²) in [4.78, 5) is 28.8. The first-order valence-electron chi connectivity index (χ1n) is 8.76. The monoisotopic (exact) mass is 463 g/mol. The molecule has 0 aromatic heterocycles. The Bertz CT molecular complexity index is 643. The zero-order chi connectivity index (χ0) is 19.8. The molecule has 1 N–H and O–H groups in total. The van der Waals surface area contributed by atoms with Gasteiger partial charge in [0.15, 0.2) is 0 Å². The Hall–Kier alpha value is -1.19. The maximum Gasteiger partial charge on any atom is 0.253 e. The Morgan fingerprint density at radius 3 is 2.48 bits per heavy atom. The van der Waals surface area contributed by atoms with E-state index in [1.807, 2.05) is 12.3 Å². The molecule has 1 fully saturated rings. The van der Waals surface area contributed by atoms with Gasteiger partial charge in [0.1, 0.15) is 6.04 Å². The van der Waals surface area contributed by atoms with E-state index in [9.17, 15) is 18.4 Å². The summed E-state index contributed by atoms with van der Waals surface area (Å²) in [6.45, 7) is 1.36. The van der Waals surface area contributed by atoms with Gasteiger partial charge in [0.25, 0.3) is 12.3 Å². The van der Waals surface area contributed by atoms with Gasteiger partial charge in [-0.2, -0.15) is 11.8 Å². The van der Waals surface area contributed by atoms with Gasteiger partial charge in [-0.05, 0) is 46.5 Å². The second-order valence-electron chi connectivity index (χ2n) is 6.30. The summed E-state index contributed by atoms with van der Waals surface area (Å²) >= 11 is 4.96. The topological polar surface area (TPSA) is 52.7 Å². The van der Waals surface area contributed by atoms with Gasteiger partial charge in [0.05, 0.1) is 12.1 Å². The summed E-state index contributed by atoms with van der Waals surface area (Å²) in [7, 11) is 0. The fraction of sp³-hybridized carbons (Fsp3) is 0.556. The number of halogens is 3. The average molecular weight is 464 g/mol. The molecule has 1 aliphatic rings. The van der Waals surface area contributed by atoms with Gasteiger partial charge >= 0.3 is 0 Å². The van der Waals surface area contributed by atoms with Crippen molar-refractivity contribution >= 4 is 39.5 Å². The van der Waals surface area contributed by atoms with Crippen LogP contribution in [0.4, 0.5) is 8.78 Å². The molecule has 1 saturated heterocycles. The number of carbonyl (C=O) groups excluding carboxylic acids is 2. The van der Waals surface area contributed by atoms with Crippen LogP contribution >= 0.6 is 27.7 Å². The summed E-state index contributed by atoms with van der Waals surface area (Å²) in [5, 5.41) is 2.84. The molecule has 27 heavy (non-hydrogen) atoms. The number of rotatable bonds is 8. The molecule has 1 heterocycles. The van der Waals surface area contributed by atoms with E-state index < -0.39 is 12.5 Å². The Labute approximate surface area is 171 Å². The van der Waals surface area contributed by atoms with Crippen molar-refractivity contribution in [2.75, 3.05) is 44.7 Å². The summed E-state index contributed by atoms with van der Waals surface area (Å²) in [6, 6.07) is 6.42. The molecular weight excluding hydrogens is 440 g/mol. The van der Waals surface area contributed by atoms with E-state index in [1.54, 1.807) is 39.8 Å². The normalized spacial score (nSPS) is 16.4. The predicted octanol–water partition coefficient (Wildman–Crippen LogP) is 2.71. The van der Waals surface area contributed by atoms with Crippen LogP contribution in [0, 0.1) is 0 Å². The molecule has 1 atom stereocenters. The number of nitrogens with one attached hydrogen (secondary N) is 1. The number of hydrogen-bond acceptors (Lipinski definition) is 4. The van der Waals surface area contributed by atoms with Gasteiger partial charge < -0.3 is 10.2 Å². The van der Waals surface area contributed by atoms with Crippen LogP contribution in [-0.4, -0.2) is 78.8 Å². The van der Waals surface area contributed by atoms with Crippen LogP contribution < -0.4 is 5.32 Å². The van der Waals surface area contributed by atoms with E-state index in [0.29, 0.717) is 42.6 Å². The zero-order valence-electron chi connectivity index (χ0n) is 15.2. The molecule has 0 radical (unpaired) electrons. The van der Waals surface area contributed by atoms with Gasteiger partial charge in [0.2, 0.25) is 5.91 Å². The lowest BCUT2D eigenvalue weighted by Gasteiger charge is -2.36. The van der Waals surface area contributed by atoms with Crippen LogP contribution in [0.2, 0.25) is 0 Å². The molecule has 0 bridgehead atoms. The molecule has 9 heteroatoms. The smallest absolute Gasteiger partial charge is 0.253 e. The molecule has 5 nitrogen and oxygen atoms in total. The van der Waals surface area contributed by atoms with E-state index in [0.717, 1.165) is 5.75 Å². The quantitative estimate of drug-likeness (QED) is 0.643. The van der Waals surface area contributed by atoms with Crippen molar-refractivity contribution in [3.05, 3.63) is 34.3 Å². The number of piperazine rings is 1. The molecule has 1 aromatic carbocycles. The van der Waals surface area contributed by atoms with Crippen molar-refractivity contribution in [3.8, 4) is 0 Å². The Kier molecular flexibility index (Phi) is 8.98. The largest absolute Gasteiger partial charge is 0.340 e. The molecule has 1 aliphatic heterocycles. The summed E-state index contributed by atoms with van der Waals surface area (Å²) in [5.74, 6) is 0.275. The van der Waals surface area contributed by atoms with Crippen LogP contribution in [0.1, 0.15) is 16.8 Å². The SMILES string of the molecule is CSCCC(NC(=O)c1ccccc1Br)C(=O)N1CCN(CC(F)F)CC1. The van der Waals surface area contributed by atoms with Crippen molar-refractivity contribution in [1.82, 2.24) is 15.1 Å². The Morgan fingerprint density at radius 2 is 1.89 bits per heavy atom. The number of carbonyl (C=O) groups is 2. The van der Waals surface area contributed by atoms with Crippen LogP contribution in [0.25, 0.3) is 0 Å². The van der Waals surface area contributed by atoms with Crippen molar-refractivity contribution in [2.45, 2.75) is 18.9 Å². The number of nitrogens with zero attached hydrogens (tertiary/aromatic N) is 2. The van der Waals surface area contributed by atoms with Crippen molar-refractivity contribution < 1.29 is 18.4 Å². The highest BCUT2D eigenvalue weighted by molar-refractivity contribution is 9.10. The number of hydrogen-bond donors (Lipinski definition) is 1. The van der Waals surface area contributed by atoms with Crippen LogP contribution in [0.3, 0.4) is 0 Å². The van der Waals surface area contributed by atoms with Crippen LogP contribution in [-0.2, 0) is 4.79 Å². The first-order valence-corrected chi connectivity index (χ1v) is 10.9. The van der Waals surface area contributed by atoms with E-state index in [2.05, 4.69) is 21.2 Å². The Balaban J connectivity index is 1.99. The first-order chi connectivity index (χ1) is 12.9. The fourth-order valence-corrected chi connectivity index (χ4v) is 3.88. The van der Waals surface area contributed by atoms with E-state index in [-0.39, 0.29) is 18.4 Å². The first kappa shape index (κ1) is 22.1. The maximum atomic E-state index is 12.9. The molecule has 2 rings (SSSR count). The molecular formula is C18H24BrF2N3O2S. The highest BCUT2D eigenvalue weighted by Crippen LogP contribution is 2.17. The second-order valence-corrected chi connectivity index (χ2v) is 8.14. The Morgan fingerprint density at radius 1 is 1.22 bits per heavy atom. The third kappa shape index (κ3) is 6.73. The third-order valence-corrected chi connectivity index (χ3v) is 5.75. The van der Waals surface area contributed by atoms with Gasteiger partial charge in [-0.25, -0.2) is 8.78 Å². The highest BCUT2D eigenvalue weighted by Gasteiger charge is 2.29. The lowest BCUT2D eigenvalue weighted by Crippen LogP contribution is -2.55. The van der Waals surface area contributed by atoms with Crippen LogP contribution in [0.15, 0.2) is 28.7 Å². The molecule has 0 saturated carbocycles. The minimum absolute atomic E-state index is 0.152. The van der Waals surface area contributed by atoms with Crippen molar-refractivity contribution in [2.24, 2.45) is 0 Å². The molecule has 2 amide bonds. The average Bonchev–Trinajstić information content (AvgIpc) is 2.65. The summed E-state index contributed by atoms with van der Waals surface area (Å²) in [6.07, 6.45) is 0.0958. The zero-order valence-corrected chi connectivity index (χ0v) is 17.6. The lowest BCUT2D eigenvalue weighted by molar-refractivity contribution is -0.135. The third-order valence-electron chi connectivity index (χ3n) is 4.41. The standard InChI is InChI=1S/C18H24BrF2N3O2S/c1-27-11-6-15(22-17(25)13-4-2-3-5-14(13)19)18(26)24-9-7-23(8-10-24)12-16(20)21/h2-5,15-16H,6-12H2,1H3,(H,22,25). The van der Waals surface area contributed by atoms with Gasteiger partial charge in [-0.1, -0.05) is 12.1 Å². The minimum Gasteiger partial charge on any atom is -0.340 e. The van der Waals surface area contributed by atoms with E-state index in [4.69, 9.17) is 0 Å². The van der Waals surface area contributed by atoms with Gasteiger partial charge in [-0.3, -0.25) is 14.5 Å². The van der Waals surface area contributed by atoms with E-state index >= 15 is 0 Å². The van der Waals surface area contributed by atoms with Crippen molar-refractivity contribution in [3.63, 3.8) is 0 Å². The molecule has 150 valence electrons. The maximum absolute atomic E-state index is 12.9. The molecule has 1 unspecified atom stereocenters. The molecule has 1 aromatic rings. The van der Waals surface area contributed by atoms with Gasteiger partial charge in [-0.15, -0.1) is 0 Å². The second kappa shape index (κ2) is 11.0. The lowest BCUT2D eigenvalue weighted by atomic mass is 10.1. The fourth-order valence-electron chi connectivity index (χ4n) is 2.94. The molecule has 0 spiro atoms. The van der Waals surface area contributed by atoms with Gasteiger partial charge in [0, 0.05) is 30.7 Å². The predicted molar refractivity (Wildman–Crippen MR) is 107 cm³/mol. The number of amides is 2.